The van der Waals surface area contributed by atoms with Gasteiger partial charge in [-0.1, -0.05) is 25.2 Å². The van der Waals surface area contributed by atoms with Gasteiger partial charge in [-0.25, -0.2) is 4.79 Å². The Bertz CT molecular complexity index is 296. The second-order valence-electron chi connectivity index (χ2n) is 3.68. The van der Waals surface area contributed by atoms with Crippen LogP contribution in [0.25, 0.3) is 0 Å². The van der Waals surface area contributed by atoms with Crippen molar-refractivity contribution in [1.29, 1.82) is 0 Å². The van der Waals surface area contributed by atoms with E-state index in [0.717, 1.165) is 5.57 Å². The van der Waals surface area contributed by atoms with Gasteiger partial charge >= 0.3 is 5.97 Å². The quantitative estimate of drug-likeness (QED) is 0.630. The molecule has 4 nitrogen and oxygen atoms in total. The van der Waals surface area contributed by atoms with Crippen LogP contribution >= 0.6 is 0 Å². The molecule has 4 N–H and O–H groups in total. The maximum absolute atomic E-state index is 11.6. The van der Waals surface area contributed by atoms with Crippen molar-refractivity contribution in [1.82, 2.24) is 0 Å². The molecule has 0 saturated carbocycles. The van der Waals surface area contributed by atoms with Gasteiger partial charge < -0.3 is 10.6 Å². The zero-order chi connectivity index (χ0) is 10.8. The van der Waals surface area contributed by atoms with Crippen molar-refractivity contribution < 1.29 is 9.63 Å². The third-order valence-corrected chi connectivity index (χ3v) is 3.03. The molecule has 1 aliphatic carbocycles. The highest BCUT2D eigenvalue weighted by atomic mass is 16.7. The van der Waals surface area contributed by atoms with E-state index >= 15 is 0 Å². The molecular weight excluding hydrogens is 180 g/mol. The van der Waals surface area contributed by atoms with Crippen molar-refractivity contribution in [2.45, 2.75) is 13.8 Å². The Kier molecular flexibility index (Phi) is 3.08. The Morgan fingerprint density at radius 1 is 1.71 bits per heavy atom. The van der Waals surface area contributed by atoms with Crippen LogP contribution in [0.2, 0.25) is 0 Å². The molecule has 2 unspecified atom stereocenters. The summed E-state index contributed by atoms with van der Waals surface area (Å²) in [5, 5.41) is 0. The molecule has 0 aromatic heterocycles. The average molecular weight is 196 g/mol. The van der Waals surface area contributed by atoms with Gasteiger partial charge in [-0.2, -0.15) is 5.90 Å². The lowest BCUT2D eigenvalue weighted by Crippen LogP contribution is -2.41. The third kappa shape index (κ3) is 1.47. The molecule has 0 aromatic rings. The highest BCUT2D eigenvalue weighted by molar-refractivity contribution is 5.81. The normalized spacial score (nSPS) is 31.1. The molecule has 78 valence electrons. The van der Waals surface area contributed by atoms with E-state index < -0.39 is 11.4 Å². The van der Waals surface area contributed by atoms with E-state index in [-0.39, 0.29) is 5.92 Å². The molecule has 0 aromatic carbocycles. The first kappa shape index (κ1) is 10.9. The molecule has 2 atom stereocenters. The van der Waals surface area contributed by atoms with Crippen LogP contribution in [0, 0.1) is 11.3 Å². The molecule has 1 rings (SSSR count). The Labute approximate surface area is 83.5 Å². The highest BCUT2D eigenvalue weighted by Crippen LogP contribution is 2.39. The summed E-state index contributed by atoms with van der Waals surface area (Å²) in [6.07, 6.45) is 5.69. The first-order valence-corrected chi connectivity index (χ1v) is 4.56. The van der Waals surface area contributed by atoms with Gasteiger partial charge in [0.1, 0.15) is 0 Å². The van der Waals surface area contributed by atoms with Crippen LogP contribution < -0.4 is 11.6 Å². The zero-order valence-electron chi connectivity index (χ0n) is 8.49. The number of carbonyl (C=O) groups excluding carboxylic acids is 1. The van der Waals surface area contributed by atoms with E-state index in [0.29, 0.717) is 6.54 Å². The summed E-state index contributed by atoms with van der Waals surface area (Å²) in [5.74, 6) is 4.53. The van der Waals surface area contributed by atoms with Crippen molar-refractivity contribution in [2.75, 3.05) is 6.54 Å². The Morgan fingerprint density at radius 2 is 2.36 bits per heavy atom. The largest absolute Gasteiger partial charge is 0.373 e. The van der Waals surface area contributed by atoms with Crippen LogP contribution in [0.4, 0.5) is 0 Å². The molecule has 0 amide bonds. The van der Waals surface area contributed by atoms with Crippen LogP contribution in [0.3, 0.4) is 0 Å². The Balaban J connectivity index is 3.10. The lowest BCUT2D eigenvalue weighted by atomic mass is 9.69. The molecule has 4 heteroatoms. The van der Waals surface area contributed by atoms with Crippen LogP contribution in [0.5, 0.6) is 0 Å². The minimum Gasteiger partial charge on any atom is -0.373 e. The summed E-state index contributed by atoms with van der Waals surface area (Å²) in [7, 11) is 0. The second-order valence-corrected chi connectivity index (χ2v) is 3.68. The van der Waals surface area contributed by atoms with Crippen molar-refractivity contribution in [3.63, 3.8) is 0 Å². The van der Waals surface area contributed by atoms with Crippen molar-refractivity contribution in [3.05, 3.63) is 23.8 Å². The van der Waals surface area contributed by atoms with Gasteiger partial charge in [0.05, 0.1) is 5.41 Å². The number of allylic oxidation sites excluding steroid dienone is 3. The maximum Gasteiger partial charge on any atom is 0.335 e. The van der Waals surface area contributed by atoms with E-state index in [1.807, 2.05) is 25.2 Å². The average Bonchev–Trinajstić information content (AvgIpc) is 2.20. The number of hydrogen-bond acceptors (Lipinski definition) is 4. The molecule has 0 bridgehead atoms. The summed E-state index contributed by atoms with van der Waals surface area (Å²) in [5.41, 5.74) is 5.71. The molecule has 14 heavy (non-hydrogen) atoms. The molecule has 0 saturated heterocycles. The first-order valence-electron chi connectivity index (χ1n) is 4.56. The number of hydrogen-bond donors (Lipinski definition) is 2. The molecule has 0 fully saturated rings. The fourth-order valence-corrected chi connectivity index (χ4v) is 1.72. The lowest BCUT2D eigenvalue weighted by molar-refractivity contribution is -0.155. The van der Waals surface area contributed by atoms with Gasteiger partial charge in [0.25, 0.3) is 0 Å². The van der Waals surface area contributed by atoms with Gasteiger partial charge in [-0.15, -0.1) is 0 Å². The van der Waals surface area contributed by atoms with Crippen LogP contribution in [0.1, 0.15) is 13.8 Å². The topological polar surface area (TPSA) is 78.3 Å². The minimum absolute atomic E-state index is 0.0436. The molecular formula is C10H16N2O2. The Morgan fingerprint density at radius 3 is 2.86 bits per heavy atom. The fourth-order valence-electron chi connectivity index (χ4n) is 1.72. The molecule has 0 radical (unpaired) electrons. The van der Waals surface area contributed by atoms with E-state index in [4.69, 9.17) is 11.6 Å². The number of carbonyl (C=O) groups is 1. The van der Waals surface area contributed by atoms with E-state index in [9.17, 15) is 4.79 Å². The predicted octanol–water partition coefficient (Wildman–Crippen LogP) is 0.501. The van der Waals surface area contributed by atoms with Crippen molar-refractivity contribution in [2.24, 2.45) is 23.0 Å². The smallest absolute Gasteiger partial charge is 0.335 e. The summed E-state index contributed by atoms with van der Waals surface area (Å²) < 4.78 is 0. The summed E-state index contributed by atoms with van der Waals surface area (Å²) >= 11 is 0. The van der Waals surface area contributed by atoms with Crippen molar-refractivity contribution >= 4 is 5.97 Å². The standard InChI is InChI=1S/C10H16N2O2/c1-7-4-3-5-8(6-11)10(7,2)9(13)14-12/h3-5,7H,6,11-12H2,1-2H3. The number of rotatable bonds is 2. The predicted molar refractivity (Wildman–Crippen MR) is 53.8 cm³/mol. The lowest BCUT2D eigenvalue weighted by Gasteiger charge is -2.34. The SMILES string of the molecule is CC1C=CC=C(CN)C1(C)C(=O)ON. The van der Waals surface area contributed by atoms with E-state index in [1.165, 1.54) is 0 Å². The van der Waals surface area contributed by atoms with Gasteiger partial charge in [-0.05, 0) is 18.4 Å². The van der Waals surface area contributed by atoms with Crippen molar-refractivity contribution in [3.8, 4) is 0 Å². The first-order chi connectivity index (χ1) is 6.57. The minimum atomic E-state index is -0.724. The molecule has 1 aliphatic rings. The van der Waals surface area contributed by atoms with Gasteiger partial charge in [0.2, 0.25) is 0 Å². The monoisotopic (exact) mass is 196 g/mol. The maximum atomic E-state index is 11.6. The highest BCUT2D eigenvalue weighted by Gasteiger charge is 2.43. The van der Waals surface area contributed by atoms with Gasteiger partial charge in [0, 0.05) is 6.54 Å². The molecule has 0 aliphatic heterocycles. The van der Waals surface area contributed by atoms with Crippen LogP contribution in [-0.4, -0.2) is 12.5 Å². The summed E-state index contributed by atoms with van der Waals surface area (Å²) in [6.45, 7) is 4.07. The van der Waals surface area contributed by atoms with Gasteiger partial charge in [0.15, 0.2) is 0 Å². The second kappa shape index (κ2) is 3.94. The third-order valence-electron chi connectivity index (χ3n) is 3.03. The zero-order valence-corrected chi connectivity index (χ0v) is 8.49. The number of nitrogens with two attached hydrogens (primary N) is 2. The van der Waals surface area contributed by atoms with Gasteiger partial charge in [-0.3, -0.25) is 0 Å². The fraction of sp³-hybridized carbons (Fsp3) is 0.500. The van der Waals surface area contributed by atoms with E-state index in [1.54, 1.807) is 6.92 Å². The summed E-state index contributed by atoms with van der Waals surface area (Å²) in [4.78, 5) is 15.9. The Hall–Kier alpha value is -1.13. The molecule has 0 spiro atoms. The van der Waals surface area contributed by atoms with E-state index in [2.05, 4.69) is 4.84 Å². The summed E-state index contributed by atoms with van der Waals surface area (Å²) in [6, 6.07) is 0. The van der Waals surface area contributed by atoms with Crippen LogP contribution in [0.15, 0.2) is 23.8 Å². The van der Waals surface area contributed by atoms with Crippen LogP contribution in [-0.2, 0) is 9.63 Å². The molecule has 0 heterocycles.